The van der Waals surface area contributed by atoms with Crippen molar-refractivity contribution in [2.75, 3.05) is 12.4 Å². The number of hydrogen-bond donors (Lipinski definition) is 1. The van der Waals surface area contributed by atoms with E-state index in [4.69, 9.17) is 4.74 Å². The van der Waals surface area contributed by atoms with E-state index in [1.54, 1.807) is 6.20 Å². The maximum absolute atomic E-state index is 12.3. The summed E-state index contributed by atoms with van der Waals surface area (Å²) >= 11 is 1.33. The van der Waals surface area contributed by atoms with Crippen LogP contribution in [0.1, 0.15) is 27.7 Å². The number of pyridine rings is 1. The number of carbonyl (C=O) groups excluding carboxylic acids is 1. The predicted molar refractivity (Wildman–Crippen MR) is 114 cm³/mol. The maximum Gasteiger partial charge on any atom is 0.230 e. The molecule has 0 radical (unpaired) electrons. The average molecular weight is 412 g/mol. The molecule has 152 valence electrons. The zero-order valence-corrected chi connectivity index (χ0v) is 17.9. The fourth-order valence-electron chi connectivity index (χ4n) is 2.75. The highest BCUT2D eigenvalue weighted by Crippen LogP contribution is 2.32. The Bertz CT molecular complexity index is 967. The van der Waals surface area contributed by atoms with E-state index in [1.807, 2.05) is 74.7 Å². The summed E-state index contributed by atoms with van der Waals surface area (Å²) in [5.74, 6) is 1.48. The van der Waals surface area contributed by atoms with E-state index in [-0.39, 0.29) is 17.2 Å². The van der Waals surface area contributed by atoms with Crippen molar-refractivity contribution >= 4 is 17.7 Å². The molecule has 1 amide bonds. The van der Waals surface area contributed by atoms with Gasteiger partial charge in [-0.15, -0.1) is 10.2 Å². The van der Waals surface area contributed by atoms with Gasteiger partial charge in [0.25, 0.3) is 0 Å². The third-order valence-electron chi connectivity index (χ3n) is 3.78. The molecule has 0 aliphatic rings. The number of nitrogens with one attached hydrogen (secondary N) is 1. The molecule has 29 heavy (non-hydrogen) atoms. The summed E-state index contributed by atoms with van der Waals surface area (Å²) in [5.41, 5.74) is 1.21. The molecule has 7 nitrogen and oxygen atoms in total. The van der Waals surface area contributed by atoms with E-state index >= 15 is 0 Å². The topological polar surface area (TPSA) is 81.9 Å². The van der Waals surface area contributed by atoms with Crippen LogP contribution in [0.4, 0.5) is 0 Å². The van der Waals surface area contributed by atoms with Crippen LogP contribution < -0.4 is 10.1 Å². The summed E-state index contributed by atoms with van der Waals surface area (Å²) in [5, 5.41) is 12.3. The third kappa shape index (κ3) is 5.35. The molecule has 2 heterocycles. The van der Waals surface area contributed by atoms with Gasteiger partial charge in [0.15, 0.2) is 11.0 Å². The Morgan fingerprint density at radius 2 is 1.90 bits per heavy atom. The summed E-state index contributed by atoms with van der Waals surface area (Å²) in [6.45, 7) is 8.34. The summed E-state index contributed by atoms with van der Waals surface area (Å²) in [6.07, 6.45) is 1.71. The van der Waals surface area contributed by atoms with Gasteiger partial charge in [-0.25, -0.2) is 0 Å². The highest BCUT2D eigenvalue weighted by molar-refractivity contribution is 7.99. The second-order valence-corrected chi connectivity index (χ2v) is 8.29. The molecule has 1 aromatic carbocycles. The first-order valence-electron chi connectivity index (χ1n) is 9.42. The first-order valence-corrected chi connectivity index (χ1v) is 10.4. The Morgan fingerprint density at radius 3 is 2.59 bits per heavy atom. The standard InChI is InChI=1S/C21H25N5O2S/c1-5-28-17-12-7-6-11-16(17)26-19(15-10-8-9-13-22-15)24-25-20(26)29-14-18(27)23-21(2,3)4/h6-13H,5,14H2,1-4H3,(H,23,27). The minimum absolute atomic E-state index is 0.0606. The summed E-state index contributed by atoms with van der Waals surface area (Å²) in [7, 11) is 0. The van der Waals surface area contributed by atoms with Crippen LogP contribution in [0.3, 0.4) is 0 Å². The molecular weight excluding hydrogens is 386 g/mol. The lowest BCUT2D eigenvalue weighted by Gasteiger charge is -2.20. The van der Waals surface area contributed by atoms with E-state index in [0.29, 0.717) is 29.0 Å². The first-order chi connectivity index (χ1) is 13.9. The number of amides is 1. The second-order valence-electron chi connectivity index (χ2n) is 7.34. The van der Waals surface area contributed by atoms with Gasteiger partial charge in [-0.05, 0) is 52.0 Å². The molecular formula is C21H25N5O2S. The Kier molecular flexibility index (Phi) is 6.53. The number of aromatic nitrogens is 4. The lowest BCUT2D eigenvalue weighted by molar-refractivity contribution is -0.119. The van der Waals surface area contributed by atoms with Gasteiger partial charge in [0, 0.05) is 11.7 Å². The summed E-state index contributed by atoms with van der Waals surface area (Å²) < 4.78 is 7.70. The number of thioether (sulfide) groups is 1. The van der Waals surface area contributed by atoms with Crippen molar-refractivity contribution in [1.29, 1.82) is 0 Å². The van der Waals surface area contributed by atoms with Crippen LogP contribution in [0.2, 0.25) is 0 Å². The Labute approximate surface area is 174 Å². The molecule has 2 aromatic heterocycles. The highest BCUT2D eigenvalue weighted by atomic mass is 32.2. The molecule has 0 unspecified atom stereocenters. The van der Waals surface area contributed by atoms with E-state index in [2.05, 4.69) is 20.5 Å². The molecule has 0 fully saturated rings. The number of nitrogens with zero attached hydrogens (tertiary/aromatic N) is 4. The van der Waals surface area contributed by atoms with Gasteiger partial charge in [0.05, 0.1) is 18.0 Å². The molecule has 0 saturated heterocycles. The van der Waals surface area contributed by atoms with Crippen LogP contribution in [0.5, 0.6) is 5.75 Å². The fraction of sp³-hybridized carbons (Fsp3) is 0.333. The number of benzene rings is 1. The normalized spacial score (nSPS) is 11.3. The number of para-hydroxylation sites is 2. The third-order valence-corrected chi connectivity index (χ3v) is 4.71. The van der Waals surface area contributed by atoms with Crippen LogP contribution in [0.25, 0.3) is 17.2 Å². The van der Waals surface area contributed by atoms with Crippen LogP contribution in [-0.4, -0.2) is 43.6 Å². The molecule has 1 N–H and O–H groups in total. The molecule has 3 aromatic rings. The van der Waals surface area contributed by atoms with E-state index < -0.39 is 0 Å². The molecule has 3 rings (SSSR count). The minimum atomic E-state index is -0.286. The van der Waals surface area contributed by atoms with Gasteiger partial charge in [-0.1, -0.05) is 30.0 Å². The van der Waals surface area contributed by atoms with Gasteiger partial charge in [-0.3, -0.25) is 14.3 Å². The minimum Gasteiger partial charge on any atom is -0.492 e. The van der Waals surface area contributed by atoms with Crippen molar-refractivity contribution in [3.05, 3.63) is 48.7 Å². The van der Waals surface area contributed by atoms with Gasteiger partial charge in [0.2, 0.25) is 5.91 Å². The SMILES string of the molecule is CCOc1ccccc1-n1c(SCC(=O)NC(C)(C)C)nnc1-c1ccccn1. The quantitative estimate of drug-likeness (QED) is 0.597. The summed E-state index contributed by atoms with van der Waals surface area (Å²) in [4.78, 5) is 16.7. The molecule has 0 aliphatic heterocycles. The predicted octanol–water partition coefficient (Wildman–Crippen LogP) is 3.73. The van der Waals surface area contributed by atoms with Gasteiger partial charge in [0.1, 0.15) is 11.4 Å². The van der Waals surface area contributed by atoms with Gasteiger partial charge in [-0.2, -0.15) is 0 Å². The summed E-state index contributed by atoms with van der Waals surface area (Å²) in [6, 6.07) is 13.3. The van der Waals surface area contributed by atoms with Crippen molar-refractivity contribution in [3.8, 4) is 23.0 Å². The van der Waals surface area contributed by atoms with E-state index in [0.717, 1.165) is 5.69 Å². The number of rotatable bonds is 7. The zero-order valence-electron chi connectivity index (χ0n) is 17.0. The molecule has 8 heteroatoms. The molecule has 0 atom stereocenters. The lowest BCUT2D eigenvalue weighted by Crippen LogP contribution is -2.41. The Morgan fingerprint density at radius 1 is 1.14 bits per heavy atom. The van der Waals surface area contributed by atoms with Crippen LogP contribution in [0.15, 0.2) is 53.8 Å². The largest absolute Gasteiger partial charge is 0.492 e. The van der Waals surface area contributed by atoms with Crippen molar-refractivity contribution < 1.29 is 9.53 Å². The molecule has 0 bridgehead atoms. The van der Waals surface area contributed by atoms with Crippen molar-refractivity contribution in [3.63, 3.8) is 0 Å². The van der Waals surface area contributed by atoms with Crippen LogP contribution >= 0.6 is 11.8 Å². The van der Waals surface area contributed by atoms with Crippen molar-refractivity contribution in [1.82, 2.24) is 25.1 Å². The molecule has 0 saturated carbocycles. The van der Waals surface area contributed by atoms with Crippen molar-refractivity contribution in [2.24, 2.45) is 0 Å². The smallest absolute Gasteiger partial charge is 0.230 e. The molecule has 0 spiro atoms. The molecule has 0 aliphatic carbocycles. The maximum atomic E-state index is 12.3. The van der Waals surface area contributed by atoms with Gasteiger partial charge >= 0.3 is 0 Å². The highest BCUT2D eigenvalue weighted by Gasteiger charge is 2.21. The lowest BCUT2D eigenvalue weighted by atomic mass is 10.1. The number of ether oxygens (including phenoxy) is 1. The number of carbonyl (C=O) groups is 1. The number of hydrogen-bond acceptors (Lipinski definition) is 6. The average Bonchev–Trinajstić information content (AvgIpc) is 3.10. The van der Waals surface area contributed by atoms with E-state index in [1.165, 1.54) is 11.8 Å². The first kappa shape index (κ1) is 20.9. The van der Waals surface area contributed by atoms with Crippen molar-refractivity contribution in [2.45, 2.75) is 38.4 Å². The van der Waals surface area contributed by atoms with E-state index in [9.17, 15) is 4.79 Å². The van der Waals surface area contributed by atoms with Crippen LogP contribution in [0, 0.1) is 0 Å². The Balaban J connectivity index is 2.00. The second kappa shape index (κ2) is 9.09. The fourth-order valence-corrected chi connectivity index (χ4v) is 3.49. The monoisotopic (exact) mass is 411 g/mol. The van der Waals surface area contributed by atoms with Gasteiger partial charge < -0.3 is 10.1 Å². The zero-order chi connectivity index (χ0) is 20.9. The Hall–Kier alpha value is -2.87. The van der Waals surface area contributed by atoms with Crippen LogP contribution in [-0.2, 0) is 4.79 Å².